The van der Waals surface area contributed by atoms with E-state index < -0.39 is 0 Å². The molecular weight excluding hydrogens is 186 g/mol. The first-order chi connectivity index (χ1) is 6.82. The van der Waals surface area contributed by atoms with Crippen LogP contribution in [-0.2, 0) is 4.79 Å². The minimum absolute atomic E-state index is 0.199. The van der Waals surface area contributed by atoms with Gasteiger partial charge in [0.1, 0.15) is 0 Å². The topological polar surface area (TPSA) is 20.3 Å². The molecule has 0 aromatic rings. The maximum absolute atomic E-state index is 11.8. The van der Waals surface area contributed by atoms with E-state index in [0.717, 1.165) is 25.8 Å². The molecule has 2 heteroatoms. The van der Waals surface area contributed by atoms with Gasteiger partial charge < -0.3 is 4.90 Å². The molecule has 1 heterocycles. The third-order valence-corrected chi connectivity index (χ3v) is 3.18. The largest absolute Gasteiger partial charge is 0.339 e. The summed E-state index contributed by atoms with van der Waals surface area (Å²) >= 11 is 0. The Morgan fingerprint density at radius 1 is 1.33 bits per heavy atom. The van der Waals surface area contributed by atoms with Gasteiger partial charge >= 0.3 is 0 Å². The summed E-state index contributed by atoms with van der Waals surface area (Å²) in [6, 6.07) is 0.410. The fourth-order valence-corrected chi connectivity index (χ4v) is 2.39. The Bertz CT molecular complexity index is 227. The highest BCUT2D eigenvalue weighted by atomic mass is 16.2. The second kappa shape index (κ2) is 4.54. The van der Waals surface area contributed by atoms with Crippen LogP contribution in [0.4, 0.5) is 0 Å². The van der Waals surface area contributed by atoms with Crippen LogP contribution in [0.5, 0.6) is 0 Å². The molecule has 0 N–H and O–H groups in total. The molecule has 1 rings (SSSR count). The smallest absolute Gasteiger partial charge is 0.222 e. The molecule has 0 spiro atoms. The third kappa shape index (κ3) is 3.22. The number of nitrogens with zero attached hydrogens (tertiary/aromatic N) is 1. The Kier molecular flexibility index (Phi) is 3.80. The number of carbonyl (C=O) groups is 1. The molecular formula is C13H25NO. The van der Waals surface area contributed by atoms with Crippen molar-refractivity contribution in [1.82, 2.24) is 4.90 Å². The zero-order chi connectivity index (χ0) is 11.6. The van der Waals surface area contributed by atoms with Crippen LogP contribution in [0.25, 0.3) is 0 Å². The fourth-order valence-electron chi connectivity index (χ4n) is 2.39. The molecule has 0 saturated carbocycles. The monoisotopic (exact) mass is 211 g/mol. The molecule has 1 atom stereocenters. The SMILES string of the molecule is CC(C)CC(N1CCCC1=O)C(C)(C)C. The van der Waals surface area contributed by atoms with Gasteiger partial charge in [0, 0.05) is 19.0 Å². The van der Waals surface area contributed by atoms with Gasteiger partial charge in [-0.2, -0.15) is 0 Å². The predicted molar refractivity (Wildman–Crippen MR) is 63.6 cm³/mol. The highest BCUT2D eigenvalue weighted by Crippen LogP contribution is 2.32. The highest BCUT2D eigenvalue weighted by molar-refractivity contribution is 5.78. The van der Waals surface area contributed by atoms with Crippen molar-refractivity contribution in [3.05, 3.63) is 0 Å². The first-order valence-electron chi connectivity index (χ1n) is 6.12. The molecule has 1 saturated heterocycles. The summed E-state index contributed by atoms with van der Waals surface area (Å²) < 4.78 is 0. The molecule has 1 aliphatic rings. The molecule has 88 valence electrons. The standard InChI is InChI=1S/C13H25NO/c1-10(2)9-11(13(3,4)5)14-8-6-7-12(14)15/h10-11H,6-9H2,1-5H3. The number of carbonyl (C=O) groups excluding carboxylic acids is 1. The molecule has 1 unspecified atom stereocenters. The molecule has 1 aliphatic heterocycles. The van der Waals surface area contributed by atoms with Crippen molar-refractivity contribution in [1.29, 1.82) is 0 Å². The van der Waals surface area contributed by atoms with Crippen LogP contribution in [0.2, 0.25) is 0 Å². The van der Waals surface area contributed by atoms with Crippen molar-refractivity contribution < 1.29 is 4.79 Å². The summed E-state index contributed by atoms with van der Waals surface area (Å²) in [6.45, 7) is 12.2. The van der Waals surface area contributed by atoms with Gasteiger partial charge in [-0.25, -0.2) is 0 Å². The third-order valence-electron chi connectivity index (χ3n) is 3.18. The molecule has 15 heavy (non-hydrogen) atoms. The maximum atomic E-state index is 11.8. The quantitative estimate of drug-likeness (QED) is 0.702. The van der Waals surface area contributed by atoms with E-state index in [1.165, 1.54) is 0 Å². The van der Waals surface area contributed by atoms with Crippen LogP contribution in [0.3, 0.4) is 0 Å². The first-order valence-corrected chi connectivity index (χ1v) is 6.12. The molecule has 0 aromatic heterocycles. The second-order valence-electron chi connectivity index (χ2n) is 6.20. The van der Waals surface area contributed by atoms with Gasteiger partial charge in [-0.15, -0.1) is 0 Å². The number of likely N-dealkylation sites (tertiary alicyclic amines) is 1. The van der Waals surface area contributed by atoms with E-state index >= 15 is 0 Å². The summed E-state index contributed by atoms with van der Waals surface area (Å²) in [4.78, 5) is 13.9. The average molecular weight is 211 g/mol. The lowest BCUT2D eigenvalue weighted by Gasteiger charge is -2.39. The number of hydrogen-bond donors (Lipinski definition) is 0. The van der Waals surface area contributed by atoms with E-state index in [0.29, 0.717) is 17.9 Å². The van der Waals surface area contributed by atoms with Crippen LogP contribution in [0, 0.1) is 11.3 Å². The lowest BCUT2D eigenvalue weighted by molar-refractivity contribution is -0.132. The van der Waals surface area contributed by atoms with E-state index in [9.17, 15) is 4.79 Å². The van der Waals surface area contributed by atoms with Gasteiger partial charge in [-0.05, 0) is 24.2 Å². The number of amides is 1. The maximum Gasteiger partial charge on any atom is 0.222 e. The van der Waals surface area contributed by atoms with Gasteiger partial charge in [0.15, 0.2) is 0 Å². The van der Waals surface area contributed by atoms with Gasteiger partial charge in [0.05, 0.1) is 0 Å². The molecule has 0 bridgehead atoms. The summed E-state index contributed by atoms with van der Waals surface area (Å²) in [6.07, 6.45) is 2.92. The summed E-state index contributed by atoms with van der Waals surface area (Å²) in [5.74, 6) is 1.01. The molecule has 0 aliphatic carbocycles. The van der Waals surface area contributed by atoms with Crippen LogP contribution >= 0.6 is 0 Å². The molecule has 0 radical (unpaired) electrons. The van der Waals surface area contributed by atoms with Crippen LogP contribution in [0.1, 0.15) is 53.9 Å². The predicted octanol–water partition coefficient (Wildman–Crippen LogP) is 3.07. The lowest BCUT2D eigenvalue weighted by Crippen LogP contribution is -2.45. The van der Waals surface area contributed by atoms with Crippen molar-refractivity contribution in [2.24, 2.45) is 11.3 Å². The van der Waals surface area contributed by atoms with E-state index in [4.69, 9.17) is 0 Å². The van der Waals surface area contributed by atoms with E-state index in [1.54, 1.807) is 0 Å². The minimum Gasteiger partial charge on any atom is -0.339 e. The Morgan fingerprint density at radius 2 is 1.93 bits per heavy atom. The Balaban J connectivity index is 2.76. The summed E-state index contributed by atoms with van der Waals surface area (Å²) in [7, 11) is 0. The molecule has 2 nitrogen and oxygen atoms in total. The highest BCUT2D eigenvalue weighted by Gasteiger charge is 2.35. The van der Waals surface area contributed by atoms with E-state index in [-0.39, 0.29) is 5.41 Å². The summed E-state index contributed by atoms with van der Waals surface area (Å²) in [5.41, 5.74) is 0.199. The molecule has 1 fully saturated rings. The van der Waals surface area contributed by atoms with Gasteiger partial charge in [0.2, 0.25) is 5.91 Å². The van der Waals surface area contributed by atoms with E-state index in [1.807, 2.05) is 0 Å². The molecule has 1 amide bonds. The Morgan fingerprint density at radius 3 is 2.27 bits per heavy atom. The Labute approximate surface area is 94.0 Å². The van der Waals surface area contributed by atoms with Crippen LogP contribution < -0.4 is 0 Å². The van der Waals surface area contributed by atoms with Gasteiger partial charge in [-0.1, -0.05) is 34.6 Å². The van der Waals surface area contributed by atoms with Crippen molar-refractivity contribution in [3.8, 4) is 0 Å². The average Bonchev–Trinajstić information content (AvgIpc) is 2.45. The zero-order valence-corrected chi connectivity index (χ0v) is 10.8. The Hall–Kier alpha value is -0.530. The van der Waals surface area contributed by atoms with E-state index in [2.05, 4.69) is 39.5 Å². The lowest BCUT2D eigenvalue weighted by atomic mass is 9.81. The van der Waals surface area contributed by atoms with Crippen LogP contribution in [0.15, 0.2) is 0 Å². The van der Waals surface area contributed by atoms with Crippen molar-refractivity contribution in [3.63, 3.8) is 0 Å². The second-order valence-corrected chi connectivity index (χ2v) is 6.20. The van der Waals surface area contributed by atoms with Crippen molar-refractivity contribution in [2.75, 3.05) is 6.54 Å². The normalized spacial score (nSPS) is 20.1. The number of hydrogen-bond acceptors (Lipinski definition) is 1. The number of rotatable bonds is 3. The van der Waals surface area contributed by atoms with Crippen LogP contribution in [-0.4, -0.2) is 23.4 Å². The van der Waals surface area contributed by atoms with Crippen molar-refractivity contribution >= 4 is 5.91 Å². The summed E-state index contributed by atoms with van der Waals surface area (Å²) in [5, 5.41) is 0. The minimum atomic E-state index is 0.199. The fraction of sp³-hybridized carbons (Fsp3) is 0.923. The molecule has 0 aromatic carbocycles. The van der Waals surface area contributed by atoms with Gasteiger partial charge in [-0.3, -0.25) is 4.79 Å². The van der Waals surface area contributed by atoms with Crippen molar-refractivity contribution in [2.45, 2.75) is 59.9 Å². The first kappa shape index (κ1) is 12.5. The zero-order valence-electron chi connectivity index (χ0n) is 10.8. The van der Waals surface area contributed by atoms with Gasteiger partial charge in [0.25, 0.3) is 0 Å².